The summed E-state index contributed by atoms with van der Waals surface area (Å²) in [5.41, 5.74) is 4.41. The van der Waals surface area contributed by atoms with Crippen LogP contribution in [-0.2, 0) is 11.8 Å². The maximum atomic E-state index is 2.31. The van der Waals surface area contributed by atoms with Crippen molar-refractivity contribution in [3.63, 3.8) is 0 Å². The normalized spacial score (nSPS) is 12.3. The Morgan fingerprint density at radius 3 is 2.40 bits per heavy atom. The highest BCUT2D eigenvalue weighted by molar-refractivity contribution is 5.59. The van der Waals surface area contributed by atoms with Crippen molar-refractivity contribution in [2.24, 2.45) is 0 Å². The smallest absolute Gasteiger partial charge is 0.0489 e. The molecule has 0 bridgehead atoms. The molecular formula is C14H19N. The molecule has 0 aliphatic carbocycles. The van der Waals surface area contributed by atoms with Gasteiger partial charge in [0.05, 0.1) is 0 Å². The van der Waals surface area contributed by atoms with Crippen LogP contribution in [0.3, 0.4) is 0 Å². The Hall–Kier alpha value is -1.24. The van der Waals surface area contributed by atoms with E-state index in [0.717, 1.165) is 6.42 Å². The molecule has 0 unspecified atom stereocenters. The fourth-order valence-electron chi connectivity index (χ4n) is 2.00. The number of rotatable bonds is 1. The van der Waals surface area contributed by atoms with Crippen LogP contribution in [0.15, 0.2) is 30.6 Å². The number of fused-ring (bicyclic) bond motifs is 1. The van der Waals surface area contributed by atoms with Gasteiger partial charge in [0.1, 0.15) is 0 Å². The Bertz CT molecular complexity index is 472. The van der Waals surface area contributed by atoms with E-state index in [1.807, 2.05) is 0 Å². The third-order valence-electron chi connectivity index (χ3n) is 2.94. The van der Waals surface area contributed by atoms with Gasteiger partial charge in [-0.15, -0.1) is 0 Å². The van der Waals surface area contributed by atoms with E-state index in [4.69, 9.17) is 0 Å². The molecule has 0 atom stereocenters. The number of aryl methyl sites for hydroxylation is 1. The highest BCUT2D eigenvalue weighted by Gasteiger charge is 2.17. The lowest BCUT2D eigenvalue weighted by molar-refractivity contribution is 0.596. The summed E-state index contributed by atoms with van der Waals surface area (Å²) in [5, 5.41) is 0. The van der Waals surface area contributed by atoms with Crippen LogP contribution < -0.4 is 0 Å². The second kappa shape index (κ2) is 3.41. The standard InChI is InChI=1S/C14H19N/c1-5-11-6-8-15-9-7-12(13(15)10-11)14(2,3)4/h6-10H,5H2,1-4H3. The average molecular weight is 201 g/mol. The first-order valence-electron chi connectivity index (χ1n) is 5.62. The van der Waals surface area contributed by atoms with Gasteiger partial charge in [-0.3, -0.25) is 0 Å². The maximum Gasteiger partial charge on any atom is 0.0489 e. The van der Waals surface area contributed by atoms with Gasteiger partial charge in [-0.2, -0.15) is 0 Å². The summed E-state index contributed by atoms with van der Waals surface area (Å²) in [7, 11) is 0. The molecule has 0 spiro atoms. The Balaban J connectivity index is 2.67. The molecule has 80 valence electrons. The summed E-state index contributed by atoms with van der Waals surface area (Å²) >= 11 is 0. The molecule has 0 N–H and O–H groups in total. The predicted octanol–water partition coefficient (Wildman–Crippen LogP) is 3.80. The van der Waals surface area contributed by atoms with E-state index < -0.39 is 0 Å². The molecule has 1 nitrogen and oxygen atoms in total. The van der Waals surface area contributed by atoms with Gasteiger partial charge in [0, 0.05) is 17.9 Å². The van der Waals surface area contributed by atoms with E-state index >= 15 is 0 Å². The van der Waals surface area contributed by atoms with Crippen LogP contribution in [0.4, 0.5) is 0 Å². The van der Waals surface area contributed by atoms with Crippen molar-refractivity contribution in [1.29, 1.82) is 0 Å². The lowest BCUT2D eigenvalue weighted by atomic mass is 9.87. The fourth-order valence-corrected chi connectivity index (χ4v) is 2.00. The Labute approximate surface area is 91.7 Å². The molecule has 0 fully saturated rings. The molecule has 0 aromatic carbocycles. The summed E-state index contributed by atoms with van der Waals surface area (Å²) in [6.45, 7) is 8.99. The van der Waals surface area contributed by atoms with Crippen LogP contribution in [0.1, 0.15) is 38.8 Å². The Kier molecular flexibility index (Phi) is 2.34. The van der Waals surface area contributed by atoms with Gasteiger partial charge in [-0.1, -0.05) is 27.7 Å². The first-order chi connectivity index (χ1) is 7.02. The van der Waals surface area contributed by atoms with Gasteiger partial charge in [0.25, 0.3) is 0 Å². The van der Waals surface area contributed by atoms with Crippen LogP contribution in [-0.4, -0.2) is 4.40 Å². The minimum absolute atomic E-state index is 0.223. The molecule has 0 aliphatic heterocycles. The summed E-state index contributed by atoms with van der Waals surface area (Å²) in [4.78, 5) is 0. The van der Waals surface area contributed by atoms with E-state index in [2.05, 4.69) is 62.7 Å². The molecule has 0 saturated carbocycles. The van der Waals surface area contributed by atoms with Crippen molar-refractivity contribution in [3.8, 4) is 0 Å². The molecule has 0 radical (unpaired) electrons. The van der Waals surface area contributed by atoms with Crippen LogP contribution >= 0.6 is 0 Å². The zero-order valence-electron chi connectivity index (χ0n) is 10.0. The molecule has 2 rings (SSSR count). The first kappa shape index (κ1) is 10.3. The van der Waals surface area contributed by atoms with E-state index in [-0.39, 0.29) is 5.41 Å². The van der Waals surface area contributed by atoms with E-state index in [0.29, 0.717) is 0 Å². The van der Waals surface area contributed by atoms with Gasteiger partial charge in [-0.25, -0.2) is 0 Å². The van der Waals surface area contributed by atoms with E-state index in [1.54, 1.807) is 0 Å². The van der Waals surface area contributed by atoms with Crippen molar-refractivity contribution >= 4 is 5.52 Å². The second-order valence-electron chi connectivity index (χ2n) is 5.16. The number of hydrogen-bond donors (Lipinski definition) is 0. The summed E-state index contributed by atoms with van der Waals surface area (Å²) in [6, 6.07) is 6.73. The van der Waals surface area contributed by atoms with Crippen LogP contribution in [0, 0.1) is 0 Å². The van der Waals surface area contributed by atoms with Gasteiger partial charge in [-0.05, 0) is 41.2 Å². The van der Waals surface area contributed by atoms with Crippen molar-refractivity contribution in [3.05, 3.63) is 41.7 Å². The largest absolute Gasteiger partial charge is 0.324 e. The third kappa shape index (κ3) is 1.79. The number of hydrogen-bond acceptors (Lipinski definition) is 0. The summed E-state index contributed by atoms with van der Waals surface area (Å²) < 4.78 is 2.21. The molecule has 1 heteroatoms. The zero-order chi connectivity index (χ0) is 11.1. The second-order valence-corrected chi connectivity index (χ2v) is 5.16. The quantitative estimate of drug-likeness (QED) is 0.661. The predicted molar refractivity (Wildman–Crippen MR) is 65.5 cm³/mol. The lowest BCUT2D eigenvalue weighted by Crippen LogP contribution is -2.10. The summed E-state index contributed by atoms with van der Waals surface area (Å²) in [5.74, 6) is 0. The minimum Gasteiger partial charge on any atom is -0.324 e. The Morgan fingerprint density at radius 2 is 1.80 bits per heavy atom. The topological polar surface area (TPSA) is 4.41 Å². The monoisotopic (exact) mass is 201 g/mol. The molecule has 0 amide bonds. The maximum absolute atomic E-state index is 2.31. The van der Waals surface area contributed by atoms with Gasteiger partial charge < -0.3 is 4.40 Å². The minimum atomic E-state index is 0.223. The fraction of sp³-hybridized carbons (Fsp3) is 0.429. The third-order valence-corrected chi connectivity index (χ3v) is 2.94. The first-order valence-corrected chi connectivity index (χ1v) is 5.62. The number of aromatic nitrogens is 1. The van der Waals surface area contributed by atoms with Crippen LogP contribution in [0.2, 0.25) is 0 Å². The van der Waals surface area contributed by atoms with Crippen molar-refractivity contribution in [2.75, 3.05) is 0 Å². The zero-order valence-corrected chi connectivity index (χ0v) is 10.0. The van der Waals surface area contributed by atoms with Crippen molar-refractivity contribution < 1.29 is 0 Å². The lowest BCUT2D eigenvalue weighted by Gasteiger charge is -2.18. The molecule has 2 aromatic heterocycles. The molecule has 2 aromatic rings. The van der Waals surface area contributed by atoms with Gasteiger partial charge >= 0.3 is 0 Å². The summed E-state index contributed by atoms with van der Waals surface area (Å²) in [6.07, 6.45) is 5.41. The SMILES string of the molecule is CCc1ccn2ccc(C(C)(C)C)c2c1. The Morgan fingerprint density at radius 1 is 1.13 bits per heavy atom. The number of pyridine rings is 1. The number of nitrogens with zero attached hydrogens (tertiary/aromatic N) is 1. The van der Waals surface area contributed by atoms with Crippen LogP contribution in [0.5, 0.6) is 0 Å². The molecular weight excluding hydrogens is 182 g/mol. The average Bonchev–Trinajstić information content (AvgIpc) is 2.59. The van der Waals surface area contributed by atoms with Crippen LogP contribution in [0.25, 0.3) is 5.52 Å². The van der Waals surface area contributed by atoms with Crippen molar-refractivity contribution in [2.45, 2.75) is 39.5 Å². The molecule has 2 heterocycles. The van der Waals surface area contributed by atoms with Gasteiger partial charge in [0.15, 0.2) is 0 Å². The molecule has 15 heavy (non-hydrogen) atoms. The van der Waals surface area contributed by atoms with E-state index in [9.17, 15) is 0 Å². The van der Waals surface area contributed by atoms with E-state index in [1.165, 1.54) is 16.6 Å². The molecule has 0 saturated heterocycles. The molecule has 0 aliphatic rings. The highest BCUT2D eigenvalue weighted by atomic mass is 14.9. The highest BCUT2D eigenvalue weighted by Crippen LogP contribution is 2.27. The van der Waals surface area contributed by atoms with Gasteiger partial charge in [0.2, 0.25) is 0 Å². The van der Waals surface area contributed by atoms with Crippen molar-refractivity contribution in [1.82, 2.24) is 4.40 Å².